The summed E-state index contributed by atoms with van der Waals surface area (Å²) >= 11 is 12.8. The number of ether oxygens (including phenoxy) is 1. The average molecular weight is 696 g/mol. The Kier molecular flexibility index (Phi) is 11.0. The van der Waals surface area contributed by atoms with Crippen molar-refractivity contribution in [3.8, 4) is 16.9 Å². The van der Waals surface area contributed by atoms with Crippen LogP contribution in [0.1, 0.15) is 37.2 Å². The van der Waals surface area contributed by atoms with Crippen LogP contribution in [-0.4, -0.2) is 97.1 Å². The van der Waals surface area contributed by atoms with Crippen LogP contribution in [0.4, 0.5) is 10.5 Å². The van der Waals surface area contributed by atoms with Crippen molar-refractivity contribution in [2.45, 2.75) is 25.8 Å². The number of amides is 4. The monoisotopic (exact) mass is 694 g/mol. The molecule has 2 aromatic heterocycles. The van der Waals surface area contributed by atoms with Crippen LogP contribution in [0.3, 0.4) is 0 Å². The number of aromatic nitrogens is 6. The molecule has 0 bridgehead atoms. The number of halogens is 2. The van der Waals surface area contributed by atoms with Crippen LogP contribution in [-0.2, 0) is 19.1 Å². The largest absolute Gasteiger partial charge is 0.453 e. The maximum absolute atomic E-state index is 13.6. The van der Waals surface area contributed by atoms with E-state index in [4.69, 9.17) is 23.2 Å². The molecule has 3 heterocycles. The van der Waals surface area contributed by atoms with Crippen molar-refractivity contribution in [1.82, 2.24) is 45.3 Å². The van der Waals surface area contributed by atoms with Crippen molar-refractivity contribution in [2.24, 2.45) is 0 Å². The number of nitrogens with one attached hydrogen (secondary N) is 3. The molecule has 250 valence electrons. The van der Waals surface area contributed by atoms with E-state index in [0.717, 1.165) is 0 Å². The van der Waals surface area contributed by atoms with Crippen LogP contribution >= 0.6 is 23.2 Å². The zero-order valence-corrected chi connectivity index (χ0v) is 27.5. The molecule has 0 aliphatic carbocycles. The van der Waals surface area contributed by atoms with Crippen LogP contribution < -0.4 is 10.6 Å². The summed E-state index contributed by atoms with van der Waals surface area (Å²) in [6.07, 6.45) is 4.19. The molecular formula is C31H32Cl2N10O5. The summed E-state index contributed by atoms with van der Waals surface area (Å²) in [7, 11) is 1.27. The molecule has 0 spiro atoms. The molecule has 0 radical (unpaired) electrons. The molecule has 4 aromatic rings. The molecule has 17 heteroatoms. The molecule has 5 rings (SSSR count). The first kappa shape index (κ1) is 34.1. The lowest BCUT2D eigenvalue weighted by molar-refractivity contribution is -0.133. The minimum absolute atomic E-state index is 0.0453. The Morgan fingerprint density at radius 3 is 2.50 bits per heavy atom. The summed E-state index contributed by atoms with van der Waals surface area (Å²) in [6.45, 7) is 3.32. The lowest BCUT2D eigenvalue weighted by atomic mass is 10.1. The highest BCUT2D eigenvalue weighted by molar-refractivity contribution is 6.32. The standard InChI is InChI=1S/C31H32Cl2N10O5/c1-19(44)41-12-3-13-42(15-14-41)27(46)17-24(30-37-28(29(33)38-30)20-4-8-23(9-5-20)35-31(47)48-2)36-26(45)11-6-21-16-22(32)7-10-25(21)43-18-34-39-40-43/h4-11,16,18,24H,3,12-15,17H2,1-2H3,(H,35,47)(H,36,45)(H,37,38)/t24-/m0/s1. The Hall–Kier alpha value is -5.28. The summed E-state index contributed by atoms with van der Waals surface area (Å²) < 4.78 is 6.07. The highest BCUT2D eigenvalue weighted by Gasteiger charge is 2.27. The number of anilines is 1. The number of nitrogens with zero attached hydrogens (tertiary/aromatic N) is 7. The van der Waals surface area contributed by atoms with Crippen LogP contribution in [0.2, 0.25) is 10.2 Å². The number of imidazole rings is 1. The van der Waals surface area contributed by atoms with Crippen molar-refractivity contribution in [3.63, 3.8) is 0 Å². The average Bonchev–Trinajstić information content (AvgIpc) is 3.67. The van der Waals surface area contributed by atoms with Gasteiger partial charge in [-0.1, -0.05) is 35.3 Å². The molecule has 4 amide bonds. The van der Waals surface area contributed by atoms with E-state index in [1.54, 1.807) is 58.3 Å². The quantitative estimate of drug-likeness (QED) is 0.219. The van der Waals surface area contributed by atoms with Crippen molar-refractivity contribution in [2.75, 3.05) is 38.6 Å². The van der Waals surface area contributed by atoms with E-state index in [2.05, 4.69) is 40.9 Å². The highest BCUT2D eigenvalue weighted by Crippen LogP contribution is 2.30. The molecule has 1 atom stereocenters. The molecule has 0 unspecified atom stereocenters. The maximum atomic E-state index is 13.6. The number of H-pyrrole nitrogens is 1. The number of carbonyl (C=O) groups excluding carboxylic acids is 4. The van der Waals surface area contributed by atoms with Gasteiger partial charge in [-0.15, -0.1) is 5.10 Å². The van der Waals surface area contributed by atoms with Gasteiger partial charge in [0.15, 0.2) is 0 Å². The summed E-state index contributed by atoms with van der Waals surface area (Å²) in [6, 6.07) is 10.9. The third-order valence-electron chi connectivity index (χ3n) is 7.59. The highest BCUT2D eigenvalue weighted by atomic mass is 35.5. The number of rotatable bonds is 9. The second-order valence-corrected chi connectivity index (χ2v) is 11.6. The Morgan fingerprint density at radius 2 is 1.79 bits per heavy atom. The lowest BCUT2D eigenvalue weighted by Gasteiger charge is -2.24. The summed E-state index contributed by atoms with van der Waals surface area (Å²) in [5.41, 5.74) is 2.68. The summed E-state index contributed by atoms with van der Waals surface area (Å²) in [4.78, 5) is 61.5. The van der Waals surface area contributed by atoms with E-state index >= 15 is 0 Å². The first-order valence-electron chi connectivity index (χ1n) is 14.9. The Bertz CT molecular complexity index is 1810. The minimum Gasteiger partial charge on any atom is -0.453 e. The Morgan fingerprint density at radius 1 is 1.04 bits per heavy atom. The van der Waals surface area contributed by atoms with Crippen molar-refractivity contribution in [1.29, 1.82) is 0 Å². The van der Waals surface area contributed by atoms with Crippen LogP contribution in [0.25, 0.3) is 23.0 Å². The van der Waals surface area contributed by atoms with Gasteiger partial charge in [-0.3, -0.25) is 19.7 Å². The van der Waals surface area contributed by atoms with Gasteiger partial charge >= 0.3 is 6.09 Å². The van der Waals surface area contributed by atoms with Gasteiger partial charge in [-0.2, -0.15) is 4.68 Å². The molecule has 15 nitrogen and oxygen atoms in total. The topological polar surface area (TPSA) is 180 Å². The van der Waals surface area contributed by atoms with Crippen molar-refractivity contribution >= 4 is 58.8 Å². The second kappa shape index (κ2) is 15.5. The van der Waals surface area contributed by atoms with Gasteiger partial charge in [0, 0.05) is 61.0 Å². The normalized spacial score (nSPS) is 14.0. The Balaban J connectivity index is 1.39. The predicted octanol–water partition coefficient (Wildman–Crippen LogP) is 3.88. The number of tetrazole rings is 1. The van der Waals surface area contributed by atoms with Crippen molar-refractivity contribution < 1.29 is 23.9 Å². The minimum atomic E-state index is -0.897. The van der Waals surface area contributed by atoms with E-state index in [1.807, 2.05) is 0 Å². The third kappa shape index (κ3) is 8.54. The smallest absolute Gasteiger partial charge is 0.411 e. The van der Waals surface area contributed by atoms with Crippen LogP contribution in [0.15, 0.2) is 54.9 Å². The van der Waals surface area contributed by atoms with Crippen LogP contribution in [0, 0.1) is 0 Å². The lowest BCUT2D eigenvalue weighted by Crippen LogP contribution is -2.39. The van der Waals surface area contributed by atoms with E-state index < -0.39 is 18.0 Å². The number of carbonyl (C=O) groups is 4. The second-order valence-electron chi connectivity index (χ2n) is 10.8. The first-order valence-corrected chi connectivity index (χ1v) is 15.6. The number of aromatic amines is 1. The molecule has 1 aliphatic heterocycles. The zero-order valence-electron chi connectivity index (χ0n) is 26.0. The van der Waals surface area contributed by atoms with Gasteiger partial charge in [0.05, 0.1) is 25.3 Å². The number of hydrogen-bond acceptors (Lipinski definition) is 9. The van der Waals surface area contributed by atoms with Gasteiger partial charge in [-0.25, -0.2) is 9.78 Å². The summed E-state index contributed by atoms with van der Waals surface area (Å²) in [5, 5.41) is 17.3. The number of methoxy groups -OCH3 is 1. The van der Waals surface area contributed by atoms with E-state index in [9.17, 15) is 19.2 Å². The number of benzene rings is 2. The van der Waals surface area contributed by atoms with Crippen molar-refractivity contribution in [3.05, 3.63) is 76.4 Å². The van der Waals surface area contributed by atoms with Gasteiger partial charge in [0.1, 0.15) is 23.0 Å². The fourth-order valence-electron chi connectivity index (χ4n) is 5.13. The van der Waals surface area contributed by atoms with Gasteiger partial charge < -0.3 is 24.8 Å². The van der Waals surface area contributed by atoms with Gasteiger partial charge in [-0.05, 0) is 53.3 Å². The number of hydrogen-bond donors (Lipinski definition) is 3. The first-order chi connectivity index (χ1) is 23.1. The van der Waals surface area contributed by atoms with E-state index in [-0.39, 0.29) is 29.2 Å². The fraction of sp³-hybridized carbons (Fsp3) is 0.290. The maximum Gasteiger partial charge on any atom is 0.411 e. The van der Waals surface area contributed by atoms with Gasteiger partial charge in [0.25, 0.3) is 0 Å². The SMILES string of the molecule is COC(=O)Nc1ccc(-c2nc([C@H](CC(=O)N3CCCN(C(C)=O)CC3)NC(=O)C=Cc3cc(Cl)ccc3-n3cnnn3)[nH]c2Cl)cc1. The van der Waals surface area contributed by atoms with Crippen LogP contribution in [0.5, 0.6) is 0 Å². The molecule has 3 N–H and O–H groups in total. The molecule has 1 fully saturated rings. The third-order valence-corrected chi connectivity index (χ3v) is 8.10. The molecule has 2 aromatic carbocycles. The molecule has 1 saturated heterocycles. The molecule has 0 saturated carbocycles. The predicted molar refractivity (Wildman–Crippen MR) is 177 cm³/mol. The van der Waals surface area contributed by atoms with E-state index in [0.29, 0.717) is 65.8 Å². The van der Waals surface area contributed by atoms with E-state index in [1.165, 1.54) is 31.1 Å². The fourth-order valence-corrected chi connectivity index (χ4v) is 5.56. The molecular weight excluding hydrogens is 663 g/mol. The summed E-state index contributed by atoms with van der Waals surface area (Å²) in [5.74, 6) is -0.519. The Labute approximate surface area is 285 Å². The van der Waals surface area contributed by atoms with Gasteiger partial charge in [0.2, 0.25) is 17.7 Å². The molecule has 48 heavy (non-hydrogen) atoms. The molecule has 1 aliphatic rings. The zero-order chi connectivity index (χ0) is 34.2.